The van der Waals surface area contributed by atoms with Crippen LogP contribution in [-0.2, 0) is 16.7 Å². The Labute approximate surface area is 167 Å². The van der Waals surface area contributed by atoms with Crippen LogP contribution in [0.5, 0.6) is 0 Å². The number of oxazole rings is 1. The first-order valence-electron chi connectivity index (χ1n) is 9.06. The summed E-state index contributed by atoms with van der Waals surface area (Å²) in [5, 5.41) is 0.515. The molecular weight excluding hydrogens is 402 g/mol. The van der Waals surface area contributed by atoms with Gasteiger partial charge < -0.3 is 4.42 Å². The van der Waals surface area contributed by atoms with Crippen LogP contribution in [0.15, 0.2) is 56.6 Å². The molecule has 0 spiro atoms. The molecule has 28 heavy (non-hydrogen) atoms. The average molecular weight is 422 g/mol. The topological polar surface area (TPSA) is 84.5 Å². The van der Waals surface area contributed by atoms with E-state index in [0.29, 0.717) is 22.9 Å². The van der Waals surface area contributed by atoms with E-state index in [1.165, 1.54) is 18.6 Å². The second-order valence-electron chi connectivity index (χ2n) is 6.86. The van der Waals surface area contributed by atoms with Crippen LogP contribution in [-0.4, -0.2) is 31.0 Å². The van der Waals surface area contributed by atoms with Gasteiger partial charge in [-0.1, -0.05) is 18.0 Å². The summed E-state index contributed by atoms with van der Waals surface area (Å²) in [5.74, 6) is -0.485. The van der Waals surface area contributed by atoms with Crippen LogP contribution >= 0.6 is 11.6 Å². The summed E-state index contributed by atoms with van der Waals surface area (Å²) < 4.78 is 34.7. The summed E-state index contributed by atoms with van der Waals surface area (Å²) in [7, 11) is -3.82. The summed E-state index contributed by atoms with van der Waals surface area (Å²) in [4.78, 5) is 14.5. The predicted octanol–water partition coefficient (Wildman–Crippen LogP) is 3.49. The van der Waals surface area contributed by atoms with Crippen LogP contribution < -0.4 is 10.5 Å². The fraction of sp³-hybridized carbons (Fsp3) is 0.316. The minimum Gasteiger partial charge on any atom is -0.408 e. The largest absolute Gasteiger partial charge is 0.421 e. The van der Waals surface area contributed by atoms with Crippen molar-refractivity contribution in [1.82, 2.24) is 9.47 Å². The molecule has 0 unspecified atom stereocenters. The third kappa shape index (κ3) is 3.94. The normalized spacial score (nSPS) is 15.8. The lowest BCUT2D eigenvalue weighted by molar-refractivity contribution is 0.179. The number of nitrogens with zero attached hydrogens (tertiary/aromatic N) is 2. The summed E-state index contributed by atoms with van der Waals surface area (Å²) >= 11 is 5.83. The smallest absolute Gasteiger partial charge is 0.408 e. The van der Waals surface area contributed by atoms with Gasteiger partial charge in [0.1, 0.15) is 0 Å². The molecular formula is C19H20ClN3O4S. The highest BCUT2D eigenvalue weighted by Crippen LogP contribution is 2.22. The number of hydrogen-bond acceptors (Lipinski definition) is 5. The van der Waals surface area contributed by atoms with E-state index in [0.717, 1.165) is 25.9 Å². The van der Waals surface area contributed by atoms with Crippen molar-refractivity contribution in [3.63, 3.8) is 0 Å². The highest BCUT2D eigenvalue weighted by Gasteiger charge is 2.19. The first-order chi connectivity index (χ1) is 13.4. The first-order valence-corrected chi connectivity index (χ1v) is 10.9. The van der Waals surface area contributed by atoms with Gasteiger partial charge in [0.15, 0.2) is 5.58 Å². The number of piperidine rings is 1. The van der Waals surface area contributed by atoms with E-state index in [1.807, 2.05) is 0 Å². The molecule has 1 aliphatic heterocycles. The van der Waals surface area contributed by atoms with E-state index >= 15 is 0 Å². The van der Waals surface area contributed by atoms with Crippen molar-refractivity contribution in [3.05, 3.63) is 58.0 Å². The van der Waals surface area contributed by atoms with Crippen molar-refractivity contribution >= 4 is 38.4 Å². The molecule has 0 amide bonds. The maximum atomic E-state index is 12.7. The van der Waals surface area contributed by atoms with Crippen LogP contribution in [0.2, 0.25) is 5.02 Å². The highest BCUT2D eigenvalue weighted by molar-refractivity contribution is 7.92. The molecule has 1 saturated heterocycles. The van der Waals surface area contributed by atoms with Gasteiger partial charge in [-0.15, -0.1) is 0 Å². The minimum atomic E-state index is -3.82. The number of fused-ring (bicyclic) bond motifs is 1. The fourth-order valence-electron chi connectivity index (χ4n) is 3.38. The number of sulfonamides is 1. The number of rotatable bonds is 5. The van der Waals surface area contributed by atoms with Gasteiger partial charge in [0, 0.05) is 16.8 Å². The number of halogens is 1. The van der Waals surface area contributed by atoms with Crippen LogP contribution in [0, 0.1) is 0 Å². The van der Waals surface area contributed by atoms with Gasteiger partial charge in [0.05, 0.1) is 17.1 Å². The molecule has 1 N–H and O–H groups in total. The molecule has 7 nitrogen and oxygen atoms in total. The zero-order valence-corrected chi connectivity index (χ0v) is 16.7. The number of benzene rings is 2. The maximum absolute atomic E-state index is 12.7. The van der Waals surface area contributed by atoms with Gasteiger partial charge in [0.2, 0.25) is 0 Å². The van der Waals surface area contributed by atoms with Crippen molar-refractivity contribution in [2.45, 2.75) is 30.8 Å². The zero-order valence-electron chi connectivity index (χ0n) is 15.1. The van der Waals surface area contributed by atoms with E-state index < -0.39 is 15.8 Å². The Morgan fingerprint density at radius 1 is 1.04 bits per heavy atom. The van der Waals surface area contributed by atoms with Crippen molar-refractivity contribution in [2.24, 2.45) is 0 Å². The summed E-state index contributed by atoms with van der Waals surface area (Å²) in [6.45, 7) is 2.33. The van der Waals surface area contributed by atoms with Crippen molar-refractivity contribution < 1.29 is 12.8 Å². The Morgan fingerprint density at radius 2 is 1.75 bits per heavy atom. The van der Waals surface area contributed by atoms with Gasteiger partial charge in [-0.3, -0.25) is 14.2 Å². The quantitative estimate of drug-likeness (QED) is 0.681. The Balaban J connectivity index is 1.62. The molecule has 0 aliphatic carbocycles. The molecule has 3 aromatic rings. The lowest BCUT2D eigenvalue weighted by Crippen LogP contribution is -2.34. The Bertz CT molecular complexity index is 1150. The van der Waals surface area contributed by atoms with E-state index in [1.54, 1.807) is 34.9 Å². The molecule has 4 rings (SSSR count). The number of aromatic nitrogens is 1. The Hall–Kier alpha value is -2.29. The van der Waals surface area contributed by atoms with Gasteiger partial charge in [0.25, 0.3) is 10.0 Å². The molecule has 148 valence electrons. The van der Waals surface area contributed by atoms with Gasteiger partial charge in [-0.2, -0.15) is 0 Å². The zero-order chi connectivity index (χ0) is 19.7. The monoisotopic (exact) mass is 421 g/mol. The number of likely N-dealkylation sites (tertiary alicyclic amines) is 1. The molecule has 1 aliphatic rings. The van der Waals surface area contributed by atoms with Gasteiger partial charge >= 0.3 is 5.76 Å². The highest BCUT2D eigenvalue weighted by atomic mass is 35.5. The number of nitrogens with one attached hydrogen (secondary N) is 1. The van der Waals surface area contributed by atoms with Crippen molar-refractivity contribution in [2.75, 3.05) is 17.8 Å². The molecule has 1 aromatic heterocycles. The standard InChI is InChI=1S/C19H20ClN3O4S/c20-14-4-6-15(7-5-14)21-28(25,26)16-8-9-17-18(12-16)27-19(24)23(17)13-22-10-2-1-3-11-22/h4-9,12,21H,1-3,10-11,13H2. The second-order valence-corrected chi connectivity index (χ2v) is 8.98. The van der Waals surface area contributed by atoms with E-state index in [2.05, 4.69) is 9.62 Å². The third-order valence-corrected chi connectivity index (χ3v) is 6.47. The SMILES string of the molecule is O=c1oc2cc(S(=O)(=O)Nc3ccc(Cl)cc3)ccc2n1CN1CCCCC1. The van der Waals surface area contributed by atoms with Gasteiger partial charge in [-0.05, 0) is 62.3 Å². The molecule has 0 saturated carbocycles. The Kier molecular flexibility index (Phi) is 5.18. The third-order valence-electron chi connectivity index (χ3n) is 4.84. The van der Waals surface area contributed by atoms with E-state index in [4.69, 9.17) is 16.0 Å². The number of anilines is 1. The molecule has 2 heterocycles. The minimum absolute atomic E-state index is 0.0221. The van der Waals surface area contributed by atoms with Crippen LogP contribution in [0.25, 0.3) is 11.1 Å². The van der Waals surface area contributed by atoms with Crippen molar-refractivity contribution in [1.29, 1.82) is 0 Å². The average Bonchev–Trinajstić information content (AvgIpc) is 2.99. The first kappa shape index (κ1) is 19.0. The van der Waals surface area contributed by atoms with Gasteiger partial charge in [-0.25, -0.2) is 13.2 Å². The second kappa shape index (κ2) is 7.62. The summed E-state index contributed by atoms with van der Waals surface area (Å²) in [5.41, 5.74) is 1.23. The predicted molar refractivity (Wildman–Crippen MR) is 108 cm³/mol. The van der Waals surface area contributed by atoms with Crippen LogP contribution in [0.4, 0.5) is 5.69 Å². The lowest BCUT2D eigenvalue weighted by Gasteiger charge is -2.26. The van der Waals surface area contributed by atoms with E-state index in [-0.39, 0.29) is 10.5 Å². The molecule has 0 bridgehead atoms. The van der Waals surface area contributed by atoms with Crippen molar-refractivity contribution in [3.8, 4) is 0 Å². The molecule has 0 atom stereocenters. The Morgan fingerprint density at radius 3 is 2.46 bits per heavy atom. The lowest BCUT2D eigenvalue weighted by atomic mass is 10.1. The molecule has 0 radical (unpaired) electrons. The van der Waals surface area contributed by atoms with Crippen LogP contribution in [0.3, 0.4) is 0 Å². The molecule has 1 fully saturated rings. The van der Waals surface area contributed by atoms with E-state index in [9.17, 15) is 13.2 Å². The fourth-order valence-corrected chi connectivity index (χ4v) is 4.58. The maximum Gasteiger partial charge on any atom is 0.421 e. The summed E-state index contributed by atoms with van der Waals surface area (Å²) in [6, 6.07) is 10.8. The van der Waals surface area contributed by atoms with Crippen LogP contribution in [0.1, 0.15) is 19.3 Å². The molecule has 9 heteroatoms. The summed E-state index contributed by atoms with van der Waals surface area (Å²) in [6.07, 6.45) is 3.44. The number of hydrogen-bond donors (Lipinski definition) is 1. The molecule has 2 aromatic carbocycles.